The maximum Gasteiger partial charge on any atom is 0.354 e. The summed E-state index contributed by atoms with van der Waals surface area (Å²) in [6.07, 6.45) is 0.316. The van der Waals surface area contributed by atoms with E-state index in [0.717, 1.165) is 11.4 Å². The van der Waals surface area contributed by atoms with E-state index >= 15 is 0 Å². The third kappa shape index (κ3) is 3.47. The van der Waals surface area contributed by atoms with Crippen molar-refractivity contribution in [3.63, 3.8) is 0 Å². The Morgan fingerprint density at radius 1 is 1.18 bits per heavy atom. The molecule has 0 saturated carbocycles. The average Bonchev–Trinajstić information content (AvgIpc) is 3.46. The Bertz CT molecular complexity index is 1270. The van der Waals surface area contributed by atoms with Crippen LogP contribution in [0.1, 0.15) is 28.9 Å². The van der Waals surface area contributed by atoms with Crippen LogP contribution in [0.4, 0.5) is 16.5 Å². The number of nitrogens with zero attached hydrogens (tertiary/aromatic N) is 3. The highest BCUT2D eigenvalue weighted by atomic mass is 32.1. The van der Waals surface area contributed by atoms with Crippen molar-refractivity contribution in [3.8, 4) is 5.75 Å². The molecule has 3 aromatic rings. The topological polar surface area (TPSA) is 101 Å². The van der Waals surface area contributed by atoms with Gasteiger partial charge in [-0.2, -0.15) is 0 Å². The molecule has 1 N–H and O–H groups in total. The van der Waals surface area contributed by atoms with Gasteiger partial charge in [0.05, 0.1) is 24.1 Å². The van der Waals surface area contributed by atoms with Gasteiger partial charge in [0.25, 0.3) is 5.91 Å². The Labute approximate surface area is 199 Å². The molecular formula is C24H22N4O5S. The van der Waals surface area contributed by atoms with E-state index in [1.165, 1.54) is 28.2 Å². The number of nitrogens with one attached hydrogen (secondary N) is 1. The molecule has 9 nitrogen and oxygen atoms in total. The second-order valence-corrected chi connectivity index (χ2v) is 8.86. The summed E-state index contributed by atoms with van der Waals surface area (Å²) in [6, 6.07) is 14.2. The zero-order valence-electron chi connectivity index (χ0n) is 18.6. The predicted molar refractivity (Wildman–Crippen MR) is 126 cm³/mol. The van der Waals surface area contributed by atoms with Crippen LogP contribution in [0.25, 0.3) is 0 Å². The van der Waals surface area contributed by atoms with Gasteiger partial charge < -0.3 is 19.7 Å². The van der Waals surface area contributed by atoms with Gasteiger partial charge in [-0.3, -0.25) is 14.5 Å². The summed E-state index contributed by atoms with van der Waals surface area (Å²) in [5, 5.41) is 5.63. The van der Waals surface area contributed by atoms with Crippen molar-refractivity contribution >= 4 is 45.6 Å². The molecule has 174 valence electrons. The highest BCUT2D eigenvalue weighted by Gasteiger charge is 2.60. The quantitative estimate of drug-likeness (QED) is 0.541. The van der Waals surface area contributed by atoms with Crippen molar-refractivity contribution in [2.75, 3.05) is 24.4 Å². The first kappa shape index (κ1) is 21.9. The number of methoxy groups -OCH3 is 1. The number of hydrogen-bond donors (Lipinski definition) is 1. The molecule has 0 aliphatic carbocycles. The van der Waals surface area contributed by atoms with Crippen LogP contribution in [-0.4, -0.2) is 47.5 Å². The van der Waals surface area contributed by atoms with Crippen LogP contribution < -0.4 is 15.0 Å². The number of thiazole rings is 1. The first-order chi connectivity index (χ1) is 16.4. The van der Waals surface area contributed by atoms with Crippen molar-refractivity contribution in [3.05, 3.63) is 65.2 Å². The second kappa shape index (κ2) is 8.45. The third-order valence-electron chi connectivity index (χ3n) is 6.11. The number of fused-ring (bicyclic) bond motifs is 3. The van der Waals surface area contributed by atoms with E-state index in [9.17, 15) is 14.4 Å². The number of carbonyl (C=O) groups excluding carboxylic acids is 3. The first-order valence-electron chi connectivity index (χ1n) is 10.7. The normalized spacial score (nSPS) is 19.0. The molecule has 1 aromatic heterocycles. The van der Waals surface area contributed by atoms with Crippen molar-refractivity contribution in [1.82, 2.24) is 9.88 Å². The standard InChI is InChI=1S/C24H22N4O5S/c1-27-21(30)18-5-3-4-6-19(18)28-20(29)11-12-24(27,28)22(31)33-13-16-14-34-23(26-16)25-15-7-9-17(32-2)10-8-15/h3-10,14H,11-13H2,1-2H3,(H,25,26). The number of carbonyl (C=O) groups is 3. The van der Waals surface area contributed by atoms with Crippen molar-refractivity contribution in [2.24, 2.45) is 0 Å². The van der Waals surface area contributed by atoms with Gasteiger partial charge >= 0.3 is 5.97 Å². The maximum absolute atomic E-state index is 13.4. The molecular weight excluding hydrogens is 456 g/mol. The van der Waals surface area contributed by atoms with E-state index in [2.05, 4.69) is 10.3 Å². The minimum Gasteiger partial charge on any atom is -0.497 e. The number of aromatic nitrogens is 1. The first-order valence-corrected chi connectivity index (χ1v) is 11.5. The summed E-state index contributed by atoms with van der Waals surface area (Å²) < 4.78 is 10.8. The number of benzene rings is 2. The fourth-order valence-corrected chi connectivity index (χ4v) is 5.09. The highest BCUT2D eigenvalue weighted by Crippen LogP contribution is 2.44. The predicted octanol–water partition coefficient (Wildman–Crippen LogP) is 3.55. The van der Waals surface area contributed by atoms with E-state index in [1.54, 1.807) is 36.8 Å². The van der Waals surface area contributed by atoms with Crippen LogP contribution >= 0.6 is 11.3 Å². The van der Waals surface area contributed by atoms with Gasteiger partial charge in [-0.15, -0.1) is 11.3 Å². The van der Waals surface area contributed by atoms with Gasteiger partial charge in [-0.05, 0) is 36.4 Å². The summed E-state index contributed by atoms with van der Waals surface area (Å²) in [5.41, 5.74) is 0.732. The van der Waals surface area contributed by atoms with Crippen LogP contribution in [0.2, 0.25) is 0 Å². The third-order valence-corrected chi connectivity index (χ3v) is 6.92. The smallest absolute Gasteiger partial charge is 0.354 e. The Kier molecular flexibility index (Phi) is 5.45. The number of ether oxygens (including phenoxy) is 2. The molecule has 34 heavy (non-hydrogen) atoms. The minimum absolute atomic E-state index is 0.0763. The molecule has 1 saturated heterocycles. The van der Waals surface area contributed by atoms with Gasteiger partial charge in [0.1, 0.15) is 12.4 Å². The summed E-state index contributed by atoms with van der Waals surface area (Å²) in [7, 11) is 3.14. The van der Waals surface area contributed by atoms with Gasteiger partial charge in [0, 0.05) is 31.0 Å². The molecule has 0 spiro atoms. The van der Waals surface area contributed by atoms with Crippen molar-refractivity contribution in [1.29, 1.82) is 0 Å². The van der Waals surface area contributed by atoms with Gasteiger partial charge in [0.2, 0.25) is 11.6 Å². The fraction of sp³-hybridized carbons (Fsp3) is 0.250. The Morgan fingerprint density at radius 2 is 1.94 bits per heavy atom. The number of rotatable bonds is 6. The molecule has 1 atom stereocenters. The summed E-state index contributed by atoms with van der Waals surface area (Å²) >= 11 is 1.38. The van der Waals surface area contributed by atoms with E-state index in [0.29, 0.717) is 22.1 Å². The Morgan fingerprint density at radius 3 is 2.71 bits per heavy atom. The highest BCUT2D eigenvalue weighted by molar-refractivity contribution is 7.13. The van der Waals surface area contributed by atoms with Crippen molar-refractivity contribution in [2.45, 2.75) is 25.1 Å². The molecule has 2 aromatic carbocycles. The Balaban J connectivity index is 1.32. The van der Waals surface area contributed by atoms with E-state index in [-0.39, 0.29) is 31.3 Å². The van der Waals surface area contributed by atoms with E-state index in [1.807, 2.05) is 24.3 Å². The molecule has 2 amide bonds. The van der Waals surface area contributed by atoms with Crippen LogP contribution in [0.3, 0.4) is 0 Å². The molecule has 0 bridgehead atoms. The molecule has 1 unspecified atom stereocenters. The summed E-state index contributed by atoms with van der Waals surface area (Å²) in [6.45, 7) is -0.0763. The van der Waals surface area contributed by atoms with Crippen LogP contribution in [-0.2, 0) is 20.9 Å². The number of likely N-dealkylation sites (N-methyl/N-ethyl adjacent to an activating group) is 1. The van der Waals surface area contributed by atoms with Gasteiger partial charge in [-0.25, -0.2) is 9.78 Å². The number of anilines is 3. The molecule has 10 heteroatoms. The lowest BCUT2D eigenvalue weighted by Crippen LogP contribution is -2.67. The number of hydrogen-bond acceptors (Lipinski definition) is 8. The van der Waals surface area contributed by atoms with Gasteiger partial charge in [0.15, 0.2) is 5.13 Å². The number of amides is 2. The van der Waals surface area contributed by atoms with Crippen molar-refractivity contribution < 1.29 is 23.9 Å². The molecule has 5 rings (SSSR count). The SMILES string of the molecule is COc1ccc(Nc2nc(COC(=O)C34CCC(=O)N3c3ccccc3C(=O)N4C)cs2)cc1. The van der Waals surface area contributed by atoms with E-state index in [4.69, 9.17) is 9.47 Å². The summed E-state index contributed by atoms with van der Waals surface area (Å²) in [5.74, 6) is -0.437. The monoisotopic (exact) mass is 478 g/mol. The second-order valence-electron chi connectivity index (χ2n) is 8.00. The molecule has 2 aliphatic rings. The average molecular weight is 479 g/mol. The lowest BCUT2D eigenvalue weighted by atomic mass is 9.97. The number of para-hydroxylation sites is 1. The summed E-state index contributed by atoms with van der Waals surface area (Å²) in [4.78, 5) is 46.4. The number of esters is 1. The fourth-order valence-electron chi connectivity index (χ4n) is 4.37. The molecule has 1 fully saturated rings. The zero-order chi connectivity index (χ0) is 23.9. The van der Waals surface area contributed by atoms with E-state index < -0.39 is 11.6 Å². The molecule has 2 aliphatic heterocycles. The van der Waals surface area contributed by atoms with Crippen LogP contribution in [0.5, 0.6) is 5.75 Å². The lowest BCUT2D eigenvalue weighted by molar-refractivity contribution is -0.158. The van der Waals surface area contributed by atoms with Crippen LogP contribution in [0.15, 0.2) is 53.9 Å². The zero-order valence-corrected chi connectivity index (χ0v) is 19.4. The van der Waals surface area contributed by atoms with Crippen LogP contribution in [0, 0.1) is 0 Å². The minimum atomic E-state index is -1.50. The largest absolute Gasteiger partial charge is 0.497 e. The maximum atomic E-state index is 13.4. The van der Waals surface area contributed by atoms with Gasteiger partial charge in [-0.1, -0.05) is 12.1 Å². The Hall–Kier alpha value is -3.92. The molecule has 0 radical (unpaired) electrons. The lowest BCUT2D eigenvalue weighted by Gasteiger charge is -2.46. The molecule has 3 heterocycles.